The molecule has 126 valence electrons. The number of nitrogens with one attached hydrogen (secondary N) is 1. The third-order valence-corrected chi connectivity index (χ3v) is 3.08. The van der Waals surface area contributed by atoms with Gasteiger partial charge in [0.15, 0.2) is 0 Å². The number of aromatic nitrogens is 1. The van der Waals surface area contributed by atoms with Gasteiger partial charge in [-0.05, 0) is 18.6 Å². The molecule has 0 spiro atoms. The van der Waals surface area contributed by atoms with Crippen LogP contribution in [-0.2, 0) is 17.5 Å². The van der Waals surface area contributed by atoms with Crippen LogP contribution >= 0.6 is 0 Å². The third kappa shape index (κ3) is 4.55. The van der Waals surface area contributed by atoms with Crippen LogP contribution in [0.4, 0.5) is 18.0 Å². The number of carbonyl (C=O) groups is 2. The van der Waals surface area contributed by atoms with E-state index in [-0.39, 0.29) is 6.61 Å². The maximum Gasteiger partial charge on any atom is 0.417 e. The Morgan fingerprint density at radius 3 is 2.46 bits per heavy atom. The topological polar surface area (TPSA) is 68.3 Å². The molecule has 1 aromatic carbocycles. The second kappa shape index (κ2) is 7.12. The molecular formula is C16H13F3N2O3. The summed E-state index contributed by atoms with van der Waals surface area (Å²) in [5, 5.41) is 1.75. The number of amides is 2. The Balaban J connectivity index is 1.99. The molecule has 1 aromatic heterocycles. The first kappa shape index (κ1) is 17.5. The van der Waals surface area contributed by atoms with E-state index in [0.717, 1.165) is 18.0 Å². The molecule has 2 rings (SSSR count). The van der Waals surface area contributed by atoms with E-state index in [1.807, 2.05) is 19.1 Å². The predicted octanol–water partition coefficient (Wildman–Crippen LogP) is 3.48. The highest BCUT2D eigenvalue weighted by Crippen LogP contribution is 2.31. The number of carbonyl (C=O) groups excluding carboxylic acids is 2. The minimum Gasteiger partial charge on any atom is -0.444 e. The van der Waals surface area contributed by atoms with Crippen molar-refractivity contribution in [3.8, 4) is 0 Å². The number of nitrogens with zero attached hydrogens (tertiary/aromatic N) is 1. The Labute approximate surface area is 135 Å². The molecule has 0 aliphatic rings. The summed E-state index contributed by atoms with van der Waals surface area (Å²) in [6.07, 6.45) is -4.22. The van der Waals surface area contributed by atoms with E-state index in [9.17, 15) is 22.8 Å². The summed E-state index contributed by atoms with van der Waals surface area (Å²) in [7, 11) is 0. The molecule has 0 unspecified atom stereocenters. The number of alkyl halides is 3. The number of pyridine rings is 1. The SMILES string of the molecule is Cc1ccc(COC(=O)NC(=O)c2cnccc2C(F)(F)F)cc1. The van der Waals surface area contributed by atoms with Gasteiger partial charge >= 0.3 is 12.3 Å². The van der Waals surface area contributed by atoms with Gasteiger partial charge in [-0.2, -0.15) is 13.2 Å². The van der Waals surface area contributed by atoms with Gasteiger partial charge in [0, 0.05) is 12.4 Å². The van der Waals surface area contributed by atoms with Crippen LogP contribution in [-0.4, -0.2) is 17.0 Å². The molecule has 0 aliphatic heterocycles. The van der Waals surface area contributed by atoms with Crippen LogP contribution in [0.1, 0.15) is 27.0 Å². The van der Waals surface area contributed by atoms with Gasteiger partial charge in [-0.3, -0.25) is 15.1 Å². The number of benzene rings is 1. The molecule has 2 aromatic rings. The summed E-state index contributed by atoms with van der Waals surface area (Å²) in [4.78, 5) is 26.9. The number of aryl methyl sites for hydroxylation is 1. The highest BCUT2D eigenvalue weighted by atomic mass is 19.4. The molecule has 0 radical (unpaired) electrons. The molecule has 1 N–H and O–H groups in total. The maximum atomic E-state index is 12.8. The van der Waals surface area contributed by atoms with Crippen molar-refractivity contribution in [2.24, 2.45) is 0 Å². The van der Waals surface area contributed by atoms with E-state index in [1.165, 1.54) is 0 Å². The lowest BCUT2D eigenvalue weighted by Crippen LogP contribution is -2.32. The molecule has 0 aliphatic carbocycles. The molecule has 0 fully saturated rings. The number of imide groups is 1. The number of halogens is 3. The van der Waals surface area contributed by atoms with Crippen molar-refractivity contribution in [3.63, 3.8) is 0 Å². The van der Waals surface area contributed by atoms with E-state index >= 15 is 0 Å². The fraction of sp³-hybridized carbons (Fsp3) is 0.188. The molecule has 24 heavy (non-hydrogen) atoms. The predicted molar refractivity (Wildman–Crippen MR) is 78.1 cm³/mol. The van der Waals surface area contributed by atoms with Gasteiger partial charge in [-0.1, -0.05) is 29.8 Å². The summed E-state index contributed by atoms with van der Waals surface area (Å²) < 4.78 is 43.3. The van der Waals surface area contributed by atoms with Crippen LogP contribution in [0.5, 0.6) is 0 Å². The summed E-state index contributed by atoms with van der Waals surface area (Å²) >= 11 is 0. The van der Waals surface area contributed by atoms with Crippen LogP contribution in [0.2, 0.25) is 0 Å². The van der Waals surface area contributed by atoms with Crippen molar-refractivity contribution in [1.82, 2.24) is 10.3 Å². The number of hydrogen-bond donors (Lipinski definition) is 1. The Morgan fingerprint density at radius 2 is 1.83 bits per heavy atom. The van der Waals surface area contributed by atoms with Crippen molar-refractivity contribution in [1.29, 1.82) is 0 Å². The maximum absolute atomic E-state index is 12.8. The average molecular weight is 338 g/mol. The quantitative estimate of drug-likeness (QED) is 0.930. The second-order valence-corrected chi connectivity index (χ2v) is 4.93. The van der Waals surface area contributed by atoms with E-state index in [4.69, 9.17) is 4.74 Å². The van der Waals surface area contributed by atoms with Crippen LogP contribution in [0.15, 0.2) is 42.7 Å². The van der Waals surface area contributed by atoms with Gasteiger partial charge in [0.25, 0.3) is 5.91 Å². The normalized spacial score (nSPS) is 11.0. The lowest BCUT2D eigenvalue weighted by Gasteiger charge is -2.11. The Bertz CT molecular complexity index is 743. The Kier molecular flexibility index (Phi) is 5.18. The first-order chi connectivity index (χ1) is 11.3. The summed E-state index contributed by atoms with van der Waals surface area (Å²) in [6.45, 7) is 1.78. The largest absolute Gasteiger partial charge is 0.444 e. The van der Waals surface area contributed by atoms with Crippen molar-refractivity contribution in [2.45, 2.75) is 19.7 Å². The van der Waals surface area contributed by atoms with E-state index in [0.29, 0.717) is 11.6 Å². The number of alkyl carbamates (subject to hydrolysis) is 1. The number of hydrogen-bond acceptors (Lipinski definition) is 4. The standard InChI is InChI=1S/C16H13F3N2O3/c1-10-2-4-11(5-3-10)9-24-15(23)21-14(22)12-8-20-7-6-13(12)16(17,18)19/h2-8H,9H2,1H3,(H,21,22,23). The van der Waals surface area contributed by atoms with Gasteiger partial charge in [0.05, 0.1) is 11.1 Å². The zero-order valence-electron chi connectivity index (χ0n) is 12.6. The average Bonchev–Trinajstić information content (AvgIpc) is 2.53. The van der Waals surface area contributed by atoms with Crippen LogP contribution in [0.25, 0.3) is 0 Å². The molecule has 0 atom stereocenters. The molecular weight excluding hydrogens is 325 g/mol. The van der Waals surface area contributed by atoms with Crippen molar-refractivity contribution >= 4 is 12.0 Å². The first-order valence-electron chi connectivity index (χ1n) is 6.82. The number of rotatable bonds is 3. The zero-order valence-corrected chi connectivity index (χ0v) is 12.6. The van der Waals surface area contributed by atoms with Gasteiger partial charge in [0.1, 0.15) is 6.61 Å². The van der Waals surface area contributed by atoms with Gasteiger partial charge in [-0.15, -0.1) is 0 Å². The van der Waals surface area contributed by atoms with Gasteiger partial charge in [-0.25, -0.2) is 4.79 Å². The summed E-state index contributed by atoms with van der Waals surface area (Å²) in [5.74, 6) is -1.23. The molecule has 5 nitrogen and oxygen atoms in total. The highest BCUT2D eigenvalue weighted by Gasteiger charge is 2.35. The summed E-state index contributed by atoms with van der Waals surface area (Å²) in [5.41, 5.74) is -0.228. The Morgan fingerprint density at radius 1 is 1.17 bits per heavy atom. The highest BCUT2D eigenvalue weighted by molar-refractivity contribution is 6.03. The lowest BCUT2D eigenvalue weighted by atomic mass is 10.1. The minimum atomic E-state index is -4.73. The second-order valence-electron chi connectivity index (χ2n) is 4.93. The van der Waals surface area contributed by atoms with E-state index < -0.39 is 29.3 Å². The van der Waals surface area contributed by atoms with E-state index in [1.54, 1.807) is 17.4 Å². The van der Waals surface area contributed by atoms with Crippen LogP contribution in [0.3, 0.4) is 0 Å². The molecule has 1 heterocycles. The first-order valence-corrected chi connectivity index (χ1v) is 6.82. The Hall–Kier alpha value is -2.90. The monoisotopic (exact) mass is 338 g/mol. The molecule has 0 saturated carbocycles. The van der Waals surface area contributed by atoms with Crippen molar-refractivity contribution < 1.29 is 27.5 Å². The fourth-order valence-electron chi connectivity index (χ4n) is 1.85. The number of ether oxygens (including phenoxy) is 1. The third-order valence-electron chi connectivity index (χ3n) is 3.08. The molecule has 8 heteroatoms. The van der Waals surface area contributed by atoms with Crippen molar-refractivity contribution in [3.05, 3.63) is 65.0 Å². The van der Waals surface area contributed by atoms with Crippen molar-refractivity contribution in [2.75, 3.05) is 0 Å². The molecule has 2 amide bonds. The fourth-order valence-corrected chi connectivity index (χ4v) is 1.85. The van der Waals surface area contributed by atoms with Gasteiger partial charge in [0.2, 0.25) is 0 Å². The molecule has 0 bridgehead atoms. The lowest BCUT2D eigenvalue weighted by molar-refractivity contribution is -0.138. The summed E-state index contributed by atoms with van der Waals surface area (Å²) in [6, 6.07) is 7.74. The minimum absolute atomic E-state index is 0.113. The van der Waals surface area contributed by atoms with Gasteiger partial charge < -0.3 is 4.74 Å². The molecule has 0 saturated heterocycles. The van der Waals surface area contributed by atoms with Crippen LogP contribution < -0.4 is 5.32 Å². The van der Waals surface area contributed by atoms with Crippen LogP contribution in [0, 0.1) is 6.92 Å². The zero-order chi connectivity index (χ0) is 17.7. The van der Waals surface area contributed by atoms with E-state index in [2.05, 4.69) is 4.98 Å². The smallest absolute Gasteiger partial charge is 0.417 e.